The summed E-state index contributed by atoms with van der Waals surface area (Å²) in [4.78, 5) is 16.1. The highest BCUT2D eigenvalue weighted by Gasteiger charge is 2.30. The zero-order chi connectivity index (χ0) is 13.0. The van der Waals surface area contributed by atoms with E-state index in [4.69, 9.17) is 4.74 Å². The fraction of sp³-hybridized carbons (Fsp3) is 0.538. The largest absolute Gasteiger partial charge is 0.462 e. The van der Waals surface area contributed by atoms with E-state index in [9.17, 15) is 4.79 Å². The Bertz CT molecular complexity index is 428. The molecule has 1 atom stereocenters. The number of carbonyl (C=O) groups excluding carboxylic acids is 1. The summed E-state index contributed by atoms with van der Waals surface area (Å²) in [5.74, 6) is 0.268. The van der Waals surface area contributed by atoms with Crippen LogP contribution in [0.25, 0.3) is 0 Å². The quantitative estimate of drug-likeness (QED) is 0.790. The van der Waals surface area contributed by atoms with Crippen LogP contribution >= 0.6 is 0 Å². The normalized spacial score (nSPS) is 22.8. The fourth-order valence-electron chi connectivity index (χ4n) is 2.09. The highest BCUT2D eigenvalue weighted by atomic mass is 16.5. The van der Waals surface area contributed by atoms with Crippen LogP contribution in [0.2, 0.25) is 0 Å². The summed E-state index contributed by atoms with van der Waals surface area (Å²) in [5.41, 5.74) is 0.433. The molecule has 1 aliphatic heterocycles. The van der Waals surface area contributed by atoms with Gasteiger partial charge >= 0.3 is 5.97 Å². The lowest BCUT2D eigenvalue weighted by atomic mass is 10.0. The van der Waals surface area contributed by atoms with Gasteiger partial charge in [-0.15, -0.1) is 0 Å². The third kappa shape index (κ3) is 2.79. The molecule has 1 aromatic heterocycles. The van der Waals surface area contributed by atoms with Crippen molar-refractivity contribution in [3.05, 3.63) is 23.9 Å². The highest BCUT2D eigenvalue weighted by Crippen LogP contribution is 2.22. The summed E-state index contributed by atoms with van der Waals surface area (Å²) in [5, 5.41) is 6.65. The molecule has 2 N–H and O–H groups in total. The molecule has 1 aliphatic rings. The van der Waals surface area contributed by atoms with E-state index in [2.05, 4.69) is 22.5 Å². The van der Waals surface area contributed by atoms with Crippen molar-refractivity contribution in [1.29, 1.82) is 0 Å². The van der Waals surface area contributed by atoms with E-state index in [0.29, 0.717) is 18.0 Å². The van der Waals surface area contributed by atoms with Crippen molar-refractivity contribution >= 4 is 11.8 Å². The molecular weight excluding hydrogens is 230 g/mol. The van der Waals surface area contributed by atoms with Crippen LogP contribution in [-0.2, 0) is 4.74 Å². The zero-order valence-corrected chi connectivity index (χ0v) is 10.8. The van der Waals surface area contributed by atoms with Crippen LogP contribution in [0.15, 0.2) is 18.3 Å². The average molecular weight is 249 g/mol. The number of nitrogens with one attached hydrogen (secondary N) is 2. The summed E-state index contributed by atoms with van der Waals surface area (Å²) in [6, 6.07) is 3.48. The third-order valence-electron chi connectivity index (χ3n) is 3.09. The van der Waals surface area contributed by atoms with Crippen LogP contribution in [-0.4, -0.2) is 36.2 Å². The van der Waals surface area contributed by atoms with Crippen molar-refractivity contribution in [3.8, 4) is 0 Å². The molecule has 0 amide bonds. The Morgan fingerprint density at radius 2 is 2.50 bits per heavy atom. The molecule has 0 bridgehead atoms. The minimum absolute atomic E-state index is 0.0599. The number of anilines is 1. The number of hydrogen-bond donors (Lipinski definition) is 2. The Balaban J connectivity index is 2.19. The maximum Gasteiger partial charge on any atom is 0.341 e. The Morgan fingerprint density at radius 1 is 1.67 bits per heavy atom. The second kappa shape index (κ2) is 5.35. The van der Waals surface area contributed by atoms with Crippen molar-refractivity contribution in [2.45, 2.75) is 25.8 Å². The number of rotatable bonds is 4. The Hall–Kier alpha value is -1.62. The summed E-state index contributed by atoms with van der Waals surface area (Å²) in [6.45, 7) is 6.13. The molecule has 1 aromatic rings. The summed E-state index contributed by atoms with van der Waals surface area (Å²) >= 11 is 0. The van der Waals surface area contributed by atoms with E-state index < -0.39 is 0 Å². The van der Waals surface area contributed by atoms with Gasteiger partial charge in [-0.2, -0.15) is 0 Å². The van der Waals surface area contributed by atoms with Gasteiger partial charge in [0.05, 0.1) is 6.61 Å². The summed E-state index contributed by atoms with van der Waals surface area (Å²) in [7, 11) is 0. The van der Waals surface area contributed by atoms with Gasteiger partial charge in [-0.25, -0.2) is 9.78 Å². The molecule has 1 unspecified atom stereocenters. The lowest BCUT2D eigenvalue weighted by Crippen LogP contribution is -2.37. The lowest BCUT2D eigenvalue weighted by Gasteiger charge is -2.26. The zero-order valence-electron chi connectivity index (χ0n) is 10.8. The van der Waals surface area contributed by atoms with E-state index in [-0.39, 0.29) is 11.5 Å². The first-order chi connectivity index (χ1) is 8.64. The summed E-state index contributed by atoms with van der Waals surface area (Å²) in [6.07, 6.45) is 2.68. The molecule has 0 radical (unpaired) electrons. The van der Waals surface area contributed by atoms with Gasteiger partial charge in [-0.05, 0) is 38.9 Å². The molecule has 18 heavy (non-hydrogen) atoms. The van der Waals surface area contributed by atoms with Crippen molar-refractivity contribution in [2.24, 2.45) is 0 Å². The second-order valence-corrected chi connectivity index (χ2v) is 4.73. The molecule has 0 spiro atoms. The van der Waals surface area contributed by atoms with Crippen molar-refractivity contribution in [2.75, 3.05) is 25.0 Å². The maximum absolute atomic E-state index is 11.8. The van der Waals surface area contributed by atoms with Gasteiger partial charge in [0.1, 0.15) is 11.4 Å². The maximum atomic E-state index is 11.8. The minimum Gasteiger partial charge on any atom is -0.462 e. The number of ether oxygens (including phenoxy) is 1. The van der Waals surface area contributed by atoms with Crippen LogP contribution in [0.4, 0.5) is 5.82 Å². The van der Waals surface area contributed by atoms with Crippen LogP contribution in [0.5, 0.6) is 0 Å². The van der Waals surface area contributed by atoms with Gasteiger partial charge in [0.2, 0.25) is 0 Å². The predicted octanol–water partition coefficient (Wildman–Crippen LogP) is 1.42. The minimum atomic E-state index is -0.331. The fourth-order valence-corrected chi connectivity index (χ4v) is 2.09. The average Bonchev–Trinajstić information content (AvgIpc) is 2.77. The first-order valence-corrected chi connectivity index (χ1v) is 6.26. The van der Waals surface area contributed by atoms with Crippen LogP contribution in [0.3, 0.4) is 0 Å². The molecule has 2 heterocycles. The monoisotopic (exact) mass is 249 g/mol. The standard InChI is InChI=1S/C13H19N3O2/c1-3-18-12(17)10-5-4-7-15-11(10)16-13(2)6-8-14-9-13/h4-5,7,14H,3,6,8-9H2,1-2H3,(H,15,16). The number of aromatic nitrogens is 1. The molecule has 0 saturated carbocycles. The van der Waals surface area contributed by atoms with E-state index in [1.807, 2.05) is 0 Å². The van der Waals surface area contributed by atoms with E-state index in [1.54, 1.807) is 25.3 Å². The van der Waals surface area contributed by atoms with Crippen LogP contribution in [0, 0.1) is 0 Å². The highest BCUT2D eigenvalue weighted by molar-refractivity contribution is 5.94. The molecule has 0 aromatic carbocycles. The molecule has 0 aliphatic carbocycles. The molecule has 1 fully saturated rings. The molecular formula is C13H19N3O2. The molecule has 5 nitrogen and oxygen atoms in total. The molecule has 2 rings (SSSR count). The number of esters is 1. The van der Waals surface area contributed by atoms with E-state index in [0.717, 1.165) is 19.5 Å². The van der Waals surface area contributed by atoms with E-state index in [1.165, 1.54) is 0 Å². The van der Waals surface area contributed by atoms with Crippen LogP contribution in [0.1, 0.15) is 30.6 Å². The molecule has 98 valence electrons. The number of pyridine rings is 1. The van der Waals surface area contributed by atoms with E-state index >= 15 is 0 Å². The number of nitrogens with zero attached hydrogens (tertiary/aromatic N) is 1. The van der Waals surface area contributed by atoms with Crippen molar-refractivity contribution in [3.63, 3.8) is 0 Å². The Kier molecular flexibility index (Phi) is 3.81. The topological polar surface area (TPSA) is 63.2 Å². The first kappa shape index (κ1) is 12.8. The van der Waals surface area contributed by atoms with Crippen molar-refractivity contribution < 1.29 is 9.53 Å². The molecule has 5 heteroatoms. The van der Waals surface area contributed by atoms with Gasteiger partial charge in [-0.3, -0.25) is 0 Å². The Morgan fingerprint density at radius 3 is 3.17 bits per heavy atom. The Labute approximate surface area is 107 Å². The van der Waals surface area contributed by atoms with Gasteiger partial charge in [0, 0.05) is 18.3 Å². The van der Waals surface area contributed by atoms with Crippen LogP contribution < -0.4 is 10.6 Å². The smallest absolute Gasteiger partial charge is 0.341 e. The van der Waals surface area contributed by atoms with Gasteiger partial charge in [-0.1, -0.05) is 0 Å². The van der Waals surface area contributed by atoms with Gasteiger partial charge in [0.15, 0.2) is 0 Å². The third-order valence-corrected chi connectivity index (χ3v) is 3.09. The SMILES string of the molecule is CCOC(=O)c1cccnc1NC1(C)CCNC1. The summed E-state index contributed by atoms with van der Waals surface area (Å²) < 4.78 is 5.03. The second-order valence-electron chi connectivity index (χ2n) is 4.73. The van der Waals surface area contributed by atoms with Gasteiger partial charge in [0.25, 0.3) is 0 Å². The van der Waals surface area contributed by atoms with Crippen molar-refractivity contribution in [1.82, 2.24) is 10.3 Å². The molecule has 1 saturated heterocycles. The lowest BCUT2D eigenvalue weighted by molar-refractivity contribution is 0.0527. The number of carbonyl (C=O) groups is 1. The first-order valence-electron chi connectivity index (χ1n) is 6.26. The predicted molar refractivity (Wildman–Crippen MR) is 69.7 cm³/mol. The van der Waals surface area contributed by atoms with Gasteiger partial charge < -0.3 is 15.4 Å². The number of hydrogen-bond acceptors (Lipinski definition) is 5.